The van der Waals surface area contributed by atoms with Crippen LogP contribution in [0, 0.1) is 3.57 Å². The number of ether oxygens (including phenoxy) is 1. The number of thioether (sulfide) groups is 1. The highest BCUT2D eigenvalue weighted by Gasteiger charge is 2.34. The molecule has 0 aromatic heterocycles. The van der Waals surface area contributed by atoms with Gasteiger partial charge in [-0.3, -0.25) is 14.5 Å². The molecule has 0 spiro atoms. The van der Waals surface area contributed by atoms with Crippen molar-refractivity contribution < 1.29 is 14.3 Å². The average molecular weight is 556 g/mol. The molecule has 27 heavy (non-hydrogen) atoms. The Morgan fingerprint density at radius 3 is 2.59 bits per heavy atom. The molecule has 0 unspecified atom stereocenters. The fourth-order valence-corrected chi connectivity index (χ4v) is 4.23. The van der Waals surface area contributed by atoms with Crippen LogP contribution < -0.4 is 4.74 Å². The van der Waals surface area contributed by atoms with Crippen molar-refractivity contribution in [2.75, 3.05) is 6.61 Å². The minimum atomic E-state index is -0.269. The number of hydrogen-bond donors (Lipinski definition) is 0. The second kappa shape index (κ2) is 9.07. The highest BCUT2D eigenvalue weighted by atomic mass is 127. The van der Waals surface area contributed by atoms with Gasteiger partial charge in [-0.05, 0) is 75.8 Å². The highest BCUT2D eigenvalue weighted by molar-refractivity contribution is 14.1. The number of nitrogens with zero attached hydrogens (tertiary/aromatic N) is 1. The van der Waals surface area contributed by atoms with Gasteiger partial charge in [0.15, 0.2) is 0 Å². The van der Waals surface area contributed by atoms with Crippen molar-refractivity contribution in [1.29, 1.82) is 0 Å². The normalized spacial score (nSPS) is 15.5. The van der Waals surface area contributed by atoms with Gasteiger partial charge in [-0.25, -0.2) is 0 Å². The first-order chi connectivity index (χ1) is 13.0. The molecule has 0 saturated carbocycles. The Morgan fingerprint density at radius 1 is 1.19 bits per heavy atom. The zero-order valence-corrected chi connectivity index (χ0v) is 18.7. The summed E-state index contributed by atoms with van der Waals surface area (Å²) in [7, 11) is 0. The third-order valence-corrected chi connectivity index (χ3v) is 6.02. The molecule has 1 aliphatic rings. The second-order valence-corrected chi connectivity index (χ2v) is 8.75. The number of carbonyl (C=O) groups excluding carboxylic acids is 2. The Morgan fingerprint density at radius 2 is 1.93 bits per heavy atom. The number of halogens is 2. The van der Waals surface area contributed by atoms with Crippen molar-refractivity contribution in [3.05, 3.63) is 79.2 Å². The number of hydrogen-bond acceptors (Lipinski definition) is 4. The lowest BCUT2D eigenvalue weighted by Gasteiger charge is -2.12. The Labute approximate surface area is 183 Å². The fourth-order valence-electron chi connectivity index (χ4n) is 2.43. The first-order valence-corrected chi connectivity index (χ1v) is 10.7. The second-order valence-electron chi connectivity index (χ2n) is 5.68. The minimum Gasteiger partial charge on any atom is -0.488 e. The van der Waals surface area contributed by atoms with Gasteiger partial charge in [-0.15, -0.1) is 0 Å². The van der Waals surface area contributed by atoms with Crippen LogP contribution in [0.4, 0.5) is 4.79 Å². The lowest BCUT2D eigenvalue weighted by atomic mass is 10.2. The molecule has 1 aliphatic heterocycles. The molecule has 4 nitrogen and oxygen atoms in total. The molecule has 1 saturated heterocycles. The SMILES string of the molecule is C=CCOc1ccc(/C=C2\SC(=O)N(Cc3ccc(Br)cc3)C2=O)cc1I. The van der Waals surface area contributed by atoms with Crippen molar-refractivity contribution in [3.8, 4) is 5.75 Å². The number of carbonyl (C=O) groups is 2. The molecule has 1 heterocycles. The molecule has 7 heteroatoms. The highest BCUT2D eigenvalue weighted by Crippen LogP contribution is 2.34. The molecule has 138 valence electrons. The van der Waals surface area contributed by atoms with Gasteiger partial charge < -0.3 is 4.74 Å². The maximum atomic E-state index is 12.7. The summed E-state index contributed by atoms with van der Waals surface area (Å²) >= 11 is 6.53. The number of benzene rings is 2. The smallest absolute Gasteiger partial charge is 0.293 e. The average Bonchev–Trinajstić information content (AvgIpc) is 2.90. The van der Waals surface area contributed by atoms with Crippen LogP contribution in [0.5, 0.6) is 5.75 Å². The van der Waals surface area contributed by atoms with Crippen molar-refractivity contribution in [3.63, 3.8) is 0 Å². The third kappa shape index (κ3) is 5.03. The van der Waals surface area contributed by atoms with Crippen molar-refractivity contribution >= 4 is 67.5 Å². The minimum absolute atomic E-state index is 0.255. The van der Waals surface area contributed by atoms with Crippen LogP contribution >= 0.6 is 50.3 Å². The van der Waals surface area contributed by atoms with Crippen LogP contribution in [0.15, 0.2) is 64.5 Å². The Hall–Kier alpha value is -1.58. The van der Waals surface area contributed by atoms with E-state index in [1.54, 1.807) is 12.2 Å². The first kappa shape index (κ1) is 20.2. The quantitative estimate of drug-likeness (QED) is 0.255. The summed E-state index contributed by atoms with van der Waals surface area (Å²) in [6, 6.07) is 13.2. The maximum Gasteiger partial charge on any atom is 0.293 e. The Kier molecular flexibility index (Phi) is 6.78. The van der Waals surface area contributed by atoms with Crippen molar-refractivity contribution in [2.24, 2.45) is 0 Å². The zero-order valence-electron chi connectivity index (χ0n) is 14.2. The van der Waals surface area contributed by atoms with Crippen LogP contribution in [0.1, 0.15) is 11.1 Å². The van der Waals surface area contributed by atoms with Crippen LogP contribution in [-0.4, -0.2) is 22.7 Å². The van der Waals surface area contributed by atoms with Gasteiger partial charge in [0.1, 0.15) is 12.4 Å². The van der Waals surface area contributed by atoms with E-state index in [9.17, 15) is 9.59 Å². The predicted molar refractivity (Wildman–Crippen MR) is 121 cm³/mol. The monoisotopic (exact) mass is 555 g/mol. The summed E-state index contributed by atoms with van der Waals surface area (Å²) in [5.74, 6) is 0.492. The van der Waals surface area contributed by atoms with E-state index in [2.05, 4.69) is 45.1 Å². The molecule has 3 rings (SSSR count). The van der Waals surface area contributed by atoms with E-state index >= 15 is 0 Å². The summed E-state index contributed by atoms with van der Waals surface area (Å²) in [6.07, 6.45) is 3.43. The van der Waals surface area contributed by atoms with E-state index in [-0.39, 0.29) is 17.7 Å². The van der Waals surface area contributed by atoms with Gasteiger partial charge in [0.2, 0.25) is 0 Å². The van der Waals surface area contributed by atoms with E-state index in [1.807, 2.05) is 42.5 Å². The Bertz CT molecular complexity index is 927. The summed E-state index contributed by atoms with van der Waals surface area (Å²) in [6.45, 7) is 4.33. The third-order valence-electron chi connectivity index (χ3n) is 3.74. The van der Waals surface area contributed by atoms with E-state index in [4.69, 9.17) is 4.74 Å². The van der Waals surface area contributed by atoms with Crippen molar-refractivity contribution in [1.82, 2.24) is 4.90 Å². The van der Waals surface area contributed by atoms with Crippen LogP contribution in [0.25, 0.3) is 6.08 Å². The predicted octanol–water partition coefficient (Wildman–Crippen LogP) is 5.86. The topological polar surface area (TPSA) is 46.6 Å². The molecule has 1 fully saturated rings. The lowest BCUT2D eigenvalue weighted by molar-refractivity contribution is -0.123. The summed E-state index contributed by atoms with van der Waals surface area (Å²) in [4.78, 5) is 26.6. The van der Waals surface area contributed by atoms with Gasteiger partial charge in [-0.2, -0.15) is 0 Å². The summed E-state index contributed by atoms with van der Waals surface area (Å²) in [5, 5.41) is -0.255. The number of amides is 2. The standard InChI is InChI=1S/C20H15BrINO3S/c1-2-9-26-17-8-5-14(10-16(17)22)11-18-19(24)23(20(25)27-18)12-13-3-6-15(21)7-4-13/h2-8,10-11H,1,9,12H2/b18-11-. The molecule has 0 bridgehead atoms. The lowest BCUT2D eigenvalue weighted by Crippen LogP contribution is -2.27. The molecule has 0 radical (unpaired) electrons. The van der Waals surface area contributed by atoms with Gasteiger partial charge in [0, 0.05) is 4.47 Å². The zero-order chi connectivity index (χ0) is 19.4. The van der Waals surface area contributed by atoms with Crippen molar-refractivity contribution in [2.45, 2.75) is 6.54 Å². The van der Waals surface area contributed by atoms with E-state index in [1.165, 1.54) is 4.90 Å². The van der Waals surface area contributed by atoms with Crippen LogP contribution in [-0.2, 0) is 11.3 Å². The van der Waals surface area contributed by atoms with E-state index in [0.29, 0.717) is 11.5 Å². The van der Waals surface area contributed by atoms with Gasteiger partial charge in [-0.1, -0.05) is 46.8 Å². The molecule has 0 atom stereocenters. The first-order valence-electron chi connectivity index (χ1n) is 8.01. The van der Waals surface area contributed by atoms with E-state index in [0.717, 1.165) is 36.7 Å². The maximum absolute atomic E-state index is 12.7. The largest absolute Gasteiger partial charge is 0.488 e. The molecular weight excluding hydrogens is 541 g/mol. The van der Waals surface area contributed by atoms with Crippen LogP contribution in [0.2, 0.25) is 0 Å². The summed E-state index contributed by atoms with van der Waals surface area (Å²) < 4.78 is 7.44. The molecule has 0 aliphatic carbocycles. The van der Waals surface area contributed by atoms with E-state index < -0.39 is 0 Å². The van der Waals surface area contributed by atoms with Gasteiger partial charge >= 0.3 is 0 Å². The molecule has 0 N–H and O–H groups in total. The number of rotatable bonds is 6. The van der Waals surface area contributed by atoms with Gasteiger partial charge in [0.25, 0.3) is 11.1 Å². The molecule has 2 aromatic rings. The number of imide groups is 1. The van der Waals surface area contributed by atoms with Crippen LogP contribution in [0.3, 0.4) is 0 Å². The molecule has 2 amide bonds. The fraction of sp³-hybridized carbons (Fsp3) is 0.100. The summed E-state index contributed by atoms with van der Waals surface area (Å²) in [5.41, 5.74) is 1.75. The Balaban J connectivity index is 1.76. The molecule has 2 aromatic carbocycles. The molecular formula is C20H15BrINO3S. The van der Waals surface area contributed by atoms with Gasteiger partial charge in [0.05, 0.1) is 15.0 Å².